The Morgan fingerprint density at radius 3 is 1.20 bits per heavy atom. The average molecular weight is 133 g/mol. The van der Waals surface area contributed by atoms with Gasteiger partial charge in [-0.2, -0.15) is 0 Å². The molecule has 0 rings (SSSR count). The molecule has 0 saturated heterocycles. The fraction of sp³-hybridized carbons (Fsp3) is 1.00. The third-order valence-electron chi connectivity index (χ3n) is 0. The van der Waals surface area contributed by atoms with E-state index in [0.29, 0.717) is 0 Å². The van der Waals surface area contributed by atoms with E-state index in [1.807, 2.05) is 13.8 Å². The molecular weight excluding hydrogens is 126 g/mol. The first-order valence-electron chi connectivity index (χ1n) is 1.38. The molecule has 0 N–H and O–H groups in total. The Labute approximate surface area is 44.2 Å². The van der Waals surface area contributed by atoms with E-state index in [1.54, 1.807) is 0 Å². The molecule has 0 aliphatic carbocycles. The zero-order chi connectivity index (χ0) is 4.71. The van der Waals surface area contributed by atoms with Crippen molar-refractivity contribution in [3.05, 3.63) is 0 Å². The van der Waals surface area contributed by atoms with Crippen LogP contribution < -0.4 is 0 Å². The van der Waals surface area contributed by atoms with E-state index >= 15 is 0 Å². The minimum absolute atomic E-state index is 0.0278. The van der Waals surface area contributed by atoms with Crippen LogP contribution in [0.25, 0.3) is 0 Å². The van der Waals surface area contributed by atoms with Crippen molar-refractivity contribution < 1.29 is 0 Å². The Morgan fingerprint density at radius 2 is 1.20 bits per heavy atom. The van der Waals surface area contributed by atoms with E-state index in [0.717, 1.165) is 0 Å². The Morgan fingerprint density at radius 1 is 1.20 bits per heavy atom. The molecule has 0 bridgehead atoms. The molecule has 0 radical (unpaired) electrons. The van der Waals surface area contributed by atoms with Gasteiger partial charge in [0, 0.05) is 0 Å². The lowest BCUT2D eigenvalue weighted by molar-refractivity contribution is 1.50. The average Bonchev–Trinajstić information content (AvgIpc) is 1.46. The van der Waals surface area contributed by atoms with Crippen molar-refractivity contribution in [2.45, 2.75) is 13.8 Å². The maximum absolute atomic E-state index is 4.79. The van der Waals surface area contributed by atoms with Gasteiger partial charge >= 0.3 is 0 Å². The van der Waals surface area contributed by atoms with Crippen LogP contribution in [0.5, 0.6) is 0 Å². The molecular formula is C2H7Cl2P. The number of halogens is 2. The minimum atomic E-state index is 0.0278. The number of hydrogen-bond acceptors (Lipinski definition) is 0. The van der Waals surface area contributed by atoms with Crippen molar-refractivity contribution >= 4 is 29.8 Å². The Bertz CT molecular complexity index is 7.61. The standard InChI is InChI=1S/C2H6.Cl2HP/c1-2;1-3-2/h1-2H3;3H. The molecule has 0 spiro atoms. The predicted octanol–water partition coefficient (Wildman–Crippen LogP) is 3.00. The zero-order valence-electron chi connectivity index (χ0n) is 3.26. The molecule has 0 aliphatic rings. The summed E-state index contributed by atoms with van der Waals surface area (Å²) in [7, 11) is 0.0278. The van der Waals surface area contributed by atoms with E-state index in [4.69, 9.17) is 22.5 Å². The molecule has 0 atom stereocenters. The summed E-state index contributed by atoms with van der Waals surface area (Å²) in [6.07, 6.45) is 0. The van der Waals surface area contributed by atoms with E-state index < -0.39 is 0 Å². The summed E-state index contributed by atoms with van der Waals surface area (Å²) in [5.41, 5.74) is 0. The molecule has 0 aromatic carbocycles. The Hall–Kier alpha value is 1.01. The van der Waals surface area contributed by atoms with Gasteiger partial charge in [-0.1, -0.05) is 36.3 Å². The molecule has 0 heterocycles. The minimum Gasteiger partial charge on any atom is -0.0818 e. The molecule has 0 nitrogen and oxygen atoms in total. The summed E-state index contributed by atoms with van der Waals surface area (Å²) >= 11 is 9.58. The van der Waals surface area contributed by atoms with Crippen molar-refractivity contribution in [2.24, 2.45) is 0 Å². The van der Waals surface area contributed by atoms with Crippen molar-refractivity contribution in [1.29, 1.82) is 0 Å². The fourth-order valence-corrected chi connectivity index (χ4v) is 0. The van der Waals surface area contributed by atoms with Crippen LogP contribution in [0.15, 0.2) is 0 Å². The van der Waals surface area contributed by atoms with E-state index in [9.17, 15) is 0 Å². The van der Waals surface area contributed by atoms with E-state index in [2.05, 4.69) is 0 Å². The van der Waals surface area contributed by atoms with Crippen LogP contribution in [-0.4, -0.2) is 0 Å². The first-order valence-corrected chi connectivity index (χ1v) is 4.40. The van der Waals surface area contributed by atoms with Gasteiger partial charge in [0.25, 0.3) is 0 Å². The maximum Gasteiger partial charge on any atom is 0.0713 e. The van der Waals surface area contributed by atoms with Crippen LogP contribution in [0, 0.1) is 0 Å². The predicted molar refractivity (Wildman–Crippen MR) is 31.4 cm³/mol. The SMILES string of the molecule is CC.ClPCl. The maximum atomic E-state index is 4.79. The van der Waals surface area contributed by atoms with Gasteiger partial charge in [0.05, 0.1) is 7.29 Å². The first kappa shape index (κ1) is 9.38. The highest BCUT2D eigenvalue weighted by Gasteiger charge is 1.41. The molecule has 0 unspecified atom stereocenters. The van der Waals surface area contributed by atoms with Crippen LogP contribution in [0.4, 0.5) is 0 Å². The van der Waals surface area contributed by atoms with Gasteiger partial charge in [-0.3, -0.25) is 0 Å². The molecule has 34 valence electrons. The number of rotatable bonds is 0. The van der Waals surface area contributed by atoms with E-state index in [-0.39, 0.29) is 7.29 Å². The molecule has 0 aromatic heterocycles. The van der Waals surface area contributed by atoms with Crippen LogP contribution in [-0.2, 0) is 0 Å². The van der Waals surface area contributed by atoms with Crippen LogP contribution in [0.2, 0.25) is 0 Å². The lowest BCUT2D eigenvalue weighted by Crippen LogP contribution is -0.856. The van der Waals surface area contributed by atoms with Crippen molar-refractivity contribution in [1.82, 2.24) is 0 Å². The highest BCUT2D eigenvalue weighted by Crippen LogP contribution is 2.19. The third-order valence-corrected chi connectivity index (χ3v) is 0. The summed E-state index contributed by atoms with van der Waals surface area (Å²) in [5, 5.41) is 0. The van der Waals surface area contributed by atoms with Gasteiger partial charge in [0.2, 0.25) is 0 Å². The quantitative estimate of drug-likeness (QED) is 0.445. The summed E-state index contributed by atoms with van der Waals surface area (Å²) in [6, 6.07) is 0. The topological polar surface area (TPSA) is 0 Å². The van der Waals surface area contributed by atoms with Crippen LogP contribution in [0.1, 0.15) is 13.8 Å². The van der Waals surface area contributed by atoms with Gasteiger partial charge in [-0.05, 0) is 0 Å². The molecule has 0 fully saturated rings. The molecule has 5 heavy (non-hydrogen) atoms. The smallest absolute Gasteiger partial charge is 0.0713 e. The van der Waals surface area contributed by atoms with Gasteiger partial charge in [0.1, 0.15) is 0 Å². The largest absolute Gasteiger partial charge is 0.0818 e. The fourth-order valence-electron chi connectivity index (χ4n) is 0. The molecule has 0 amide bonds. The van der Waals surface area contributed by atoms with Crippen molar-refractivity contribution in [3.63, 3.8) is 0 Å². The molecule has 0 aliphatic heterocycles. The second kappa shape index (κ2) is 19.9. The van der Waals surface area contributed by atoms with Gasteiger partial charge < -0.3 is 0 Å². The van der Waals surface area contributed by atoms with Crippen molar-refractivity contribution in [3.8, 4) is 0 Å². The third kappa shape index (κ3) is 44.5. The van der Waals surface area contributed by atoms with E-state index in [1.165, 1.54) is 0 Å². The number of hydrogen-bond donors (Lipinski definition) is 0. The molecule has 3 heteroatoms. The van der Waals surface area contributed by atoms with Crippen LogP contribution in [0.3, 0.4) is 0 Å². The Balaban J connectivity index is 0. The molecule has 0 saturated carbocycles. The van der Waals surface area contributed by atoms with Gasteiger partial charge in [-0.25, -0.2) is 0 Å². The highest BCUT2D eigenvalue weighted by atomic mass is 35.9. The van der Waals surface area contributed by atoms with Gasteiger partial charge in [-0.15, -0.1) is 0 Å². The summed E-state index contributed by atoms with van der Waals surface area (Å²) in [5.74, 6) is 0. The zero-order valence-corrected chi connectivity index (χ0v) is 5.77. The van der Waals surface area contributed by atoms with Crippen LogP contribution >= 0.6 is 29.8 Å². The molecule has 0 aromatic rings. The monoisotopic (exact) mass is 132 g/mol. The second-order valence-electron chi connectivity index (χ2n) is 0.0714. The summed E-state index contributed by atoms with van der Waals surface area (Å²) < 4.78 is 0. The summed E-state index contributed by atoms with van der Waals surface area (Å²) in [4.78, 5) is 0. The Kier molecular flexibility index (Phi) is 37.4. The normalized spacial score (nSPS) is 4.80. The summed E-state index contributed by atoms with van der Waals surface area (Å²) in [6.45, 7) is 4.00. The highest BCUT2D eigenvalue weighted by molar-refractivity contribution is 7.90. The first-order chi connectivity index (χ1) is 2.41. The second-order valence-corrected chi connectivity index (χ2v) is 1.93. The van der Waals surface area contributed by atoms with Crippen molar-refractivity contribution in [2.75, 3.05) is 0 Å². The lowest BCUT2D eigenvalue weighted by Gasteiger charge is -1.42. The lowest BCUT2D eigenvalue weighted by atomic mass is 11.0. The van der Waals surface area contributed by atoms with Gasteiger partial charge in [0.15, 0.2) is 0 Å².